The molecule has 5 heteroatoms. The molecule has 1 aromatic heterocycles. The molecule has 116 valence electrons. The first-order valence-electron chi connectivity index (χ1n) is 7.41. The number of nitrogens with one attached hydrogen (secondary N) is 2. The van der Waals surface area contributed by atoms with E-state index in [1.807, 2.05) is 6.07 Å². The van der Waals surface area contributed by atoms with Crippen LogP contribution < -0.4 is 10.6 Å². The molecule has 0 spiro atoms. The van der Waals surface area contributed by atoms with Gasteiger partial charge in [-0.05, 0) is 36.2 Å². The number of aromatic nitrogens is 1. The predicted octanol–water partition coefficient (Wildman–Crippen LogP) is 3.61. The van der Waals surface area contributed by atoms with Crippen molar-refractivity contribution < 1.29 is 9.18 Å². The van der Waals surface area contributed by atoms with Crippen molar-refractivity contribution in [1.82, 2.24) is 4.98 Å². The van der Waals surface area contributed by atoms with Gasteiger partial charge >= 0.3 is 0 Å². The van der Waals surface area contributed by atoms with Crippen molar-refractivity contribution in [3.63, 3.8) is 0 Å². The minimum atomic E-state index is -0.338. The molecule has 4 nitrogen and oxygen atoms in total. The number of unbranched alkanes of at least 4 members (excludes halogenated alkanes) is 1. The number of rotatable bonds is 7. The minimum absolute atomic E-state index is 0.133. The number of anilines is 2. The molecule has 2 rings (SSSR count). The molecule has 0 bridgehead atoms. The Morgan fingerprint density at radius 2 is 2.14 bits per heavy atom. The zero-order chi connectivity index (χ0) is 15.8. The summed E-state index contributed by atoms with van der Waals surface area (Å²) in [5.74, 6) is 0.255. The van der Waals surface area contributed by atoms with E-state index in [1.165, 1.54) is 12.1 Å². The zero-order valence-corrected chi connectivity index (χ0v) is 12.6. The van der Waals surface area contributed by atoms with Gasteiger partial charge in [-0.1, -0.05) is 25.5 Å². The van der Waals surface area contributed by atoms with E-state index in [-0.39, 0.29) is 18.1 Å². The lowest BCUT2D eigenvalue weighted by Crippen LogP contribution is -2.14. The lowest BCUT2D eigenvalue weighted by atomic mass is 10.1. The average molecular weight is 301 g/mol. The number of halogens is 1. The highest BCUT2D eigenvalue weighted by atomic mass is 19.1. The Labute approximate surface area is 129 Å². The molecule has 0 unspecified atom stereocenters. The van der Waals surface area contributed by atoms with Gasteiger partial charge in [-0.3, -0.25) is 4.79 Å². The van der Waals surface area contributed by atoms with Gasteiger partial charge < -0.3 is 10.6 Å². The van der Waals surface area contributed by atoms with Gasteiger partial charge in [-0.25, -0.2) is 9.37 Å². The monoisotopic (exact) mass is 301 g/mol. The Morgan fingerprint density at radius 3 is 2.82 bits per heavy atom. The van der Waals surface area contributed by atoms with Crippen LogP contribution in [-0.4, -0.2) is 17.4 Å². The summed E-state index contributed by atoms with van der Waals surface area (Å²) in [5, 5.41) is 5.96. The summed E-state index contributed by atoms with van der Waals surface area (Å²) in [4.78, 5) is 16.2. The van der Waals surface area contributed by atoms with Crippen molar-refractivity contribution in [2.45, 2.75) is 26.2 Å². The highest BCUT2D eigenvalue weighted by molar-refractivity contribution is 5.92. The van der Waals surface area contributed by atoms with Crippen molar-refractivity contribution >= 4 is 17.4 Å². The van der Waals surface area contributed by atoms with Gasteiger partial charge in [0.15, 0.2) is 0 Å². The minimum Gasteiger partial charge on any atom is -0.370 e. The van der Waals surface area contributed by atoms with Gasteiger partial charge in [-0.2, -0.15) is 0 Å². The molecule has 1 aromatic carbocycles. The first-order chi connectivity index (χ1) is 10.7. The molecule has 0 aliphatic carbocycles. The van der Waals surface area contributed by atoms with Crippen molar-refractivity contribution in [3.8, 4) is 0 Å². The fourth-order valence-corrected chi connectivity index (χ4v) is 2.00. The average Bonchev–Trinajstić information content (AvgIpc) is 2.49. The maximum atomic E-state index is 13.1. The molecule has 0 aliphatic heterocycles. The van der Waals surface area contributed by atoms with Gasteiger partial charge in [0.2, 0.25) is 5.91 Å². The van der Waals surface area contributed by atoms with Gasteiger partial charge in [0.1, 0.15) is 11.6 Å². The lowest BCUT2D eigenvalue weighted by Gasteiger charge is -2.07. The Hall–Kier alpha value is -2.43. The molecule has 0 aliphatic rings. The molecular weight excluding hydrogens is 281 g/mol. The van der Waals surface area contributed by atoms with Crippen LogP contribution in [0, 0.1) is 5.82 Å². The van der Waals surface area contributed by atoms with Gasteiger partial charge in [-0.15, -0.1) is 0 Å². The number of carbonyl (C=O) groups excluding carboxylic acids is 1. The Kier molecular flexibility index (Phi) is 5.89. The summed E-state index contributed by atoms with van der Waals surface area (Å²) >= 11 is 0. The van der Waals surface area contributed by atoms with Crippen LogP contribution in [-0.2, 0) is 11.2 Å². The number of hydrogen-bond acceptors (Lipinski definition) is 3. The number of nitrogens with zero attached hydrogens (tertiary/aromatic N) is 1. The third-order valence-electron chi connectivity index (χ3n) is 3.14. The fraction of sp³-hybridized carbons (Fsp3) is 0.294. The van der Waals surface area contributed by atoms with E-state index in [0.29, 0.717) is 11.3 Å². The third-order valence-corrected chi connectivity index (χ3v) is 3.14. The summed E-state index contributed by atoms with van der Waals surface area (Å²) in [6.45, 7) is 3.02. The van der Waals surface area contributed by atoms with Crippen LogP contribution in [0.3, 0.4) is 0 Å². The normalized spacial score (nSPS) is 10.3. The molecule has 0 fully saturated rings. The Bertz CT molecular complexity index is 614. The number of hydrogen-bond donors (Lipinski definition) is 2. The SMILES string of the molecule is CCCCNc1ccc(NC(=O)Cc2cccc(F)c2)cn1. The van der Waals surface area contributed by atoms with E-state index >= 15 is 0 Å². The standard InChI is InChI=1S/C17H20FN3O/c1-2-3-9-19-16-8-7-15(12-20-16)21-17(22)11-13-5-4-6-14(18)10-13/h4-8,10,12H,2-3,9,11H2,1H3,(H,19,20)(H,21,22). The van der Waals surface area contributed by atoms with E-state index in [4.69, 9.17) is 0 Å². The second-order valence-electron chi connectivity index (χ2n) is 5.07. The van der Waals surface area contributed by atoms with Gasteiger partial charge in [0, 0.05) is 6.54 Å². The maximum absolute atomic E-state index is 13.1. The first-order valence-corrected chi connectivity index (χ1v) is 7.41. The van der Waals surface area contributed by atoms with Gasteiger partial charge in [0.25, 0.3) is 0 Å². The zero-order valence-electron chi connectivity index (χ0n) is 12.6. The molecule has 2 N–H and O–H groups in total. The van der Waals surface area contributed by atoms with Crippen LogP contribution in [0.2, 0.25) is 0 Å². The summed E-state index contributed by atoms with van der Waals surface area (Å²) in [5.41, 5.74) is 1.27. The van der Waals surface area contributed by atoms with Crippen LogP contribution in [0.15, 0.2) is 42.6 Å². The highest BCUT2D eigenvalue weighted by Crippen LogP contribution is 2.11. The predicted molar refractivity (Wildman–Crippen MR) is 86.4 cm³/mol. The summed E-state index contributed by atoms with van der Waals surface area (Å²) < 4.78 is 13.1. The second-order valence-corrected chi connectivity index (χ2v) is 5.07. The molecule has 1 heterocycles. The van der Waals surface area contributed by atoms with Crippen molar-refractivity contribution in [1.29, 1.82) is 0 Å². The van der Waals surface area contributed by atoms with E-state index in [9.17, 15) is 9.18 Å². The highest BCUT2D eigenvalue weighted by Gasteiger charge is 2.05. The molecule has 0 atom stereocenters. The molecule has 0 saturated heterocycles. The van der Waals surface area contributed by atoms with Crippen LogP contribution in [0.1, 0.15) is 25.3 Å². The van der Waals surface area contributed by atoms with E-state index in [1.54, 1.807) is 24.4 Å². The van der Waals surface area contributed by atoms with E-state index in [0.717, 1.165) is 25.2 Å². The Balaban J connectivity index is 1.86. The van der Waals surface area contributed by atoms with Gasteiger partial charge in [0.05, 0.1) is 18.3 Å². The summed E-state index contributed by atoms with van der Waals surface area (Å²) in [6.07, 6.45) is 3.96. The molecule has 22 heavy (non-hydrogen) atoms. The smallest absolute Gasteiger partial charge is 0.228 e. The number of benzene rings is 1. The fourth-order valence-electron chi connectivity index (χ4n) is 2.00. The number of carbonyl (C=O) groups is 1. The van der Waals surface area contributed by atoms with Crippen molar-refractivity contribution in [2.75, 3.05) is 17.2 Å². The molecule has 0 radical (unpaired) electrons. The van der Waals surface area contributed by atoms with E-state index in [2.05, 4.69) is 22.5 Å². The largest absolute Gasteiger partial charge is 0.370 e. The second kappa shape index (κ2) is 8.12. The number of pyridine rings is 1. The Morgan fingerprint density at radius 1 is 1.27 bits per heavy atom. The van der Waals surface area contributed by atoms with Crippen molar-refractivity contribution in [2.24, 2.45) is 0 Å². The quantitative estimate of drug-likeness (QED) is 0.768. The summed E-state index contributed by atoms with van der Waals surface area (Å²) in [7, 11) is 0. The maximum Gasteiger partial charge on any atom is 0.228 e. The summed E-state index contributed by atoms with van der Waals surface area (Å²) in [6, 6.07) is 9.66. The lowest BCUT2D eigenvalue weighted by molar-refractivity contribution is -0.115. The van der Waals surface area contributed by atoms with Crippen LogP contribution in [0.25, 0.3) is 0 Å². The van der Waals surface area contributed by atoms with Crippen LogP contribution in [0.5, 0.6) is 0 Å². The van der Waals surface area contributed by atoms with Crippen molar-refractivity contribution in [3.05, 3.63) is 54.0 Å². The first kappa shape index (κ1) is 15.9. The van der Waals surface area contributed by atoms with Crippen LogP contribution >= 0.6 is 0 Å². The molecule has 1 amide bonds. The third kappa shape index (κ3) is 5.16. The van der Waals surface area contributed by atoms with Crippen LogP contribution in [0.4, 0.5) is 15.9 Å². The molecule has 0 saturated carbocycles. The number of amides is 1. The topological polar surface area (TPSA) is 54.0 Å². The van der Waals surface area contributed by atoms with E-state index < -0.39 is 0 Å². The molecule has 2 aromatic rings. The molecular formula is C17H20FN3O.